The minimum absolute atomic E-state index is 0.278. The average Bonchev–Trinajstić information content (AvgIpc) is 2.26. The molecule has 0 saturated heterocycles. The maximum absolute atomic E-state index is 10.9. The molecule has 0 unspecified atom stereocenters. The van der Waals surface area contributed by atoms with Gasteiger partial charge in [0.2, 0.25) is 0 Å². The normalized spacial score (nSPS) is 11.2. The van der Waals surface area contributed by atoms with Crippen LogP contribution < -0.4 is 0 Å². The van der Waals surface area contributed by atoms with Crippen LogP contribution in [0, 0.1) is 11.8 Å². The van der Waals surface area contributed by atoms with Gasteiger partial charge in [-0.2, -0.15) is 0 Å². The first-order chi connectivity index (χ1) is 7.63. The van der Waals surface area contributed by atoms with Crippen molar-refractivity contribution in [2.75, 3.05) is 6.61 Å². The van der Waals surface area contributed by atoms with Crippen molar-refractivity contribution in [3.8, 4) is 11.8 Å². The van der Waals surface area contributed by atoms with Crippen molar-refractivity contribution < 1.29 is 14.6 Å². The number of halogens is 1. The molecule has 1 rings (SSSR count). The minimum atomic E-state index is -0.984. The van der Waals surface area contributed by atoms with Gasteiger partial charge in [0.15, 0.2) is 0 Å². The summed E-state index contributed by atoms with van der Waals surface area (Å²) in [6, 6.07) is 7.10. The topological polar surface area (TPSA) is 46.5 Å². The van der Waals surface area contributed by atoms with Crippen LogP contribution in [-0.2, 0) is 9.53 Å². The van der Waals surface area contributed by atoms with Crippen molar-refractivity contribution in [3.63, 3.8) is 0 Å². The van der Waals surface area contributed by atoms with Crippen molar-refractivity contribution in [1.29, 1.82) is 0 Å². The van der Waals surface area contributed by atoms with Crippen LogP contribution in [-0.4, -0.2) is 17.7 Å². The van der Waals surface area contributed by atoms with Gasteiger partial charge in [-0.15, -0.1) is 0 Å². The molecule has 0 aromatic heterocycles. The van der Waals surface area contributed by atoms with E-state index in [0.29, 0.717) is 5.56 Å². The Morgan fingerprint density at radius 1 is 1.62 bits per heavy atom. The lowest BCUT2D eigenvalue weighted by Gasteiger charge is -2.03. The van der Waals surface area contributed by atoms with E-state index in [-0.39, 0.29) is 6.61 Å². The number of hydrogen-bond acceptors (Lipinski definition) is 3. The number of carbonyl (C=O) groups excluding carboxylic acids is 1. The second kappa shape index (κ2) is 6.31. The van der Waals surface area contributed by atoms with Crippen LogP contribution in [0.5, 0.6) is 0 Å². The lowest BCUT2D eigenvalue weighted by atomic mass is 10.1. The van der Waals surface area contributed by atoms with Crippen molar-refractivity contribution in [3.05, 3.63) is 34.3 Å². The predicted molar refractivity (Wildman–Crippen MR) is 63.5 cm³/mol. The molecule has 3 nitrogen and oxygen atoms in total. The van der Waals surface area contributed by atoms with Gasteiger partial charge in [-0.05, 0) is 24.6 Å². The summed E-state index contributed by atoms with van der Waals surface area (Å²) in [6.07, 6.45) is -0.984. The fourth-order valence-electron chi connectivity index (χ4n) is 1.05. The van der Waals surface area contributed by atoms with Gasteiger partial charge < -0.3 is 9.84 Å². The van der Waals surface area contributed by atoms with E-state index >= 15 is 0 Å². The number of carbonyl (C=O) groups is 1. The lowest BCUT2D eigenvalue weighted by molar-refractivity contribution is -0.136. The molecule has 0 aliphatic heterocycles. The second-order valence-corrected chi connectivity index (χ2v) is 3.86. The highest BCUT2D eigenvalue weighted by atomic mass is 79.9. The SMILES string of the molecule is CCOC(=O)C#C[C@@H](O)c1cccc(Br)c1. The Morgan fingerprint density at radius 2 is 2.38 bits per heavy atom. The van der Waals surface area contributed by atoms with Crippen molar-refractivity contribution in [2.24, 2.45) is 0 Å². The van der Waals surface area contributed by atoms with Gasteiger partial charge in [0.1, 0.15) is 6.10 Å². The number of benzene rings is 1. The fourth-order valence-corrected chi connectivity index (χ4v) is 1.47. The summed E-state index contributed by atoms with van der Waals surface area (Å²) in [6.45, 7) is 1.98. The maximum Gasteiger partial charge on any atom is 0.384 e. The molecule has 1 aromatic carbocycles. The monoisotopic (exact) mass is 282 g/mol. The van der Waals surface area contributed by atoms with E-state index < -0.39 is 12.1 Å². The first-order valence-electron chi connectivity index (χ1n) is 4.75. The van der Waals surface area contributed by atoms with Crippen LogP contribution in [0.2, 0.25) is 0 Å². The Labute approximate surface area is 103 Å². The van der Waals surface area contributed by atoms with Gasteiger partial charge in [-0.3, -0.25) is 0 Å². The van der Waals surface area contributed by atoms with Crippen LogP contribution in [0.1, 0.15) is 18.6 Å². The molecule has 1 N–H and O–H groups in total. The highest BCUT2D eigenvalue weighted by molar-refractivity contribution is 9.10. The number of esters is 1. The molecule has 0 fully saturated rings. The van der Waals surface area contributed by atoms with E-state index in [2.05, 4.69) is 32.5 Å². The van der Waals surface area contributed by atoms with E-state index in [1.807, 2.05) is 6.07 Å². The third kappa shape index (κ3) is 4.05. The molecule has 0 bridgehead atoms. The molecular formula is C12H11BrO3. The molecule has 0 heterocycles. The third-order valence-corrected chi connectivity index (χ3v) is 2.24. The zero-order valence-corrected chi connectivity index (χ0v) is 10.3. The van der Waals surface area contributed by atoms with E-state index in [1.54, 1.807) is 25.1 Å². The fraction of sp³-hybridized carbons (Fsp3) is 0.250. The molecule has 0 saturated carbocycles. The molecule has 4 heteroatoms. The highest BCUT2D eigenvalue weighted by Gasteiger charge is 2.04. The van der Waals surface area contributed by atoms with Crippen LogP contribution in [0.25, 0.3) is 0 Å². The van der Waals surface area contributed by atoms with E-state index in [9.17, 15) is 9.90 Å². The molecule has 1 aromatic rings. The number of rotatable bonds is 2. The Kier molecular flexibility index (Phi) is 5.03. The summed E-state index contributed by atoms with van der Waals surface area (Å²) < 4.78 is 5.47. The number of aliphatic hydroxyl groups excluding tert-OH is 1. The summed E-state index contributed by atoms with van der Waals surface area (Å²) in [5.74, 6) is 4.02. The highest BCUT2D eigenvalue weighted by Crippen LogP contribution is 2.17. The second-order valence-electron chi connectivity index (χ2n) is 2.95. The first-order valence-corrected chi connectivity index (χ1v) is 5.54. The molecule has 0 spiro atoms. The molecule has 0 amide bonds. The molecule has 16 heavy (non-hydrogen) atoms. The van der Waals surface area contributed by atoms with Crippen LogP contribution in [0.15, 0.2) is 28.7 Å². The summed E-state index contributed by atoms with van der Waals surface area (Å²) in [4.78, 5) is 10.9. The van der Waals surface area contributed by atoms with Crippen molar-refractivity contribution >= 4 is 21.9 Å². The molecular weight excluding hydrogens is 272 g/mol. The zero-order chi connectivity index (χ0) is 12.0. The third-order valence-electron chi connectivity index (χ3n) is 1.75. The van der Waals surface area contributed by atoms with Gasteiger partial charge in [0.05, 0.1) is 6.61 Å². The summed E-state index contributed by atoms with van der Waals surface area (Å²) >= 11 is 3.28. The van der Waals surface area contributed by atoms with Gasteiger partial charge >= 0.3 is 5.97 Å². The smallest absolute Gasteiger partial charge is 0.384 e. The number of hydrogen-bond donors (Lipinski definition) is 1. The van der Waals surface area contributed by atoms with Gasteiger partial charge in [-0.25, -0.2) is 4.79 Å². The lowest BCUT2D eigenvalue weighted by Crippen LogP contribution is -2.01. The standard InChI is InChI=1S/C12H11BrO3/c1-2-16-12(15)7-6-11(14)9-4-3-5-10(13)8-9/h3-5,8,11,14H,2H2,1H3/t11-/m1/s1. The van der Waals surface area contributed by atoms with Gasteiger partial charge in [-0.1, -0.05) is 34.0 Å². The zero-order valence-electron chi connectivity index (χ0n) is 8.74. The van der Waals surface area contributed by atoms with E-state index in [1.165, 1.54) is 0 Å². The van der Waals surface area contributed by atoms with Crippen LogP contribution >= 0.6 is 15.9 Å². The number of aliphatic hydroxyl groups is 1. The summed E-state index contributed by atoms with van der Waals surface area (Å²) in [7, 11) is 0. The molecule has 1 atom stereocenters. The Hall–Kier alpha value is -1.31. The van der Waals surface area contributed by atoms with Gasteiger partial charge in [0.25, 0.3) is 0 Å². The Morgan fingerprint density at radius 3 is 3.00 bits per heavy atom. The largest absolute Gasteiger partial charge is 0.456 e. The van der Waals surface area contributed by atoms with Crippen molar-refractivity contribution in [1.82, 2.24) is 0 Å². The first kappa shape index (κ1) is 12.8. The summed E-state index contributed by atoms with van der Waals surface area (Å²) in [5, 5.41) is 9.66. The van der Waals surface area contributed by atoms with Crippen LogP contribution in [0.3, 0.4) is 0 Å². The van der Waals surface area contributed by atoms with Crippen molar-refractivity contribution in [2.45, 2.75) is 13.0 Å². The van der Waals surface area contributed by atoms with Gasteiger partial charge in [0, 0.05) is 10.4 Å². The molecule has 0 radical (unpaired) electrons. The summed E-state index contributed by atoms with van der Waals surface area (Å²) in [5.41, 5.74) is 0.631. The Balaban J connectivity index is 2.72. The average molecular weight is 283 g/mol. The molecule has 0 aliphatic carbocycles. The van der Waals surface area contributed by atoms with Crippen LogP contribution in [0.4, 0.5) is 0 Å². The molecule has 84 valence electrons. The van der Waals surface area contributed by atoms with E-state index in [0.717, 1.165) is 4.47 Å². The van der Waals surface area contributed by atoms with E-state index in [4.69, 9.17) is 0 Å². The molecule has 0 aliphatic rings. The maximum atomic E-state index is 10.9. The minimum Gasteiger partial charge on any atom is -0.456 e. The quantitative estimate of drug-likeness (QED) is 0.513. The number of ether oxygens (including phenoxy) is 1. The predicted octanol–water partition coefficient (Wildman–Crippen LogP) is 2.05. The Bertz CT molecular complexity index is 431.